The first-order valence-corrected chi connectivity index (χ1v) is 7.66. The van der Waals surface area contributed by atoms with Crippen molar-refractivity contribution in [1.82, 2.24) is 24.1 Å². The topological polar surface area (TPSA) is 77.1 Å². The lowest BCUT2D eigenvalue weighted by Crippen LogP contribution is -2.11. The van der Waals surface area contributed by atoms with E-state index in [0.717, 1.165) is 11.3 Å². The molecule has 0 unspecified atom stereocenters. The van der Waals surface area contributed by atoms with Crippen LogP contribution in [0.3, 0.4) is 0 Å². The van der Waals surface area contributed by atoms with E-state index in [1.807, 2.05) is 35.0 Å². The van der Waals surface area contributed by atoms with Gasteiger partial charge in [0.2, 0.25) is 5.91 Å². The monoisotopic (exact) mass is 330 g/mol. The van der Waals surface area contributed by atoms with Gasteiger partial charge in [0.15, 0.2) is 5.65 Å². The molecule has 3 heterocycles. The largest absolute Gasteiger partial charge is 0.307 e. The lowest BCUT2D eigenvalue weighted by Gasteiger charge is -2.04. The Balaban J connectivity index is 1.46. The molecule has 0 fully saturated rings. The first kappa shape index (κ1) is 14.8. The summed E-state index contributed by atoms with van der Waals surface area (Å²) in [5, 5.41) is 6.93. The van der Waals surface area contributed by atoms with E-state index in [2.05, 4.69) is 20.4 Å². The summed E-state index contributed by atoms with van der Waals surface area (Å²) in [4.78, 5) is 20.3. The zero-order valence-corrected chi connectivity index (χ0v) is 13.1. The number of carbonyl (C=O) groups excluding carboxylic acids is 1. The van der Waals surface area contributed by atoms with Crippen molar-refractivity contribution in [1.29, 1.82) is 0 Å². The summed E-state index contributed by atoms with van der Waals surface area (Å²) >= 11 is 0. The third kappa shape index (κ3) is 3.16. The number of hydrogen-bond donors (Lipinski definition) is 1. The number of carbonyl (C=O) groups is 1. The fourth-order valence-electron chi connectivity index (χ4n) is 2.44. The van der Waals surface area contributed by atoms with E-state index in [-0.39, 0.29) is 5.91 Å². The smallest absolute Gasteiger partial charge is 0.249 e. The quantitative estimate of drug-likeness (QED) is 0.583. The van der Waals surface area contributed by atoms with Gasteiger partial charge in [0.25, 0.3) is 0 Å². The predicted molar refractivity (Wildman–Crippen MR) is 94.2 cm³/mol. The minimum absolute atomic E-state index is 0.235. The van der Waals surface area contributed by atoms with E-state index in [4.69, 9.17) is 0 Å². The van der Waals surface area contributed by atoms with Gasteiger partial charge in [-0.25, -0.2) is 9.97 Å². The van der Waals surface area contributed by atoms with Crippen LogP contribution < -0.4 is 5.32 Å². The molecule has 0 spiro atoms. The van der Waals surface area contributed by atoms with Gasteiger partial charge in [-0.1, -0.05) is 12.1 Å². The van der Waals surface area contributed by atoms with E-state index >= 15 is 0 Å². The van der Waals surface area contributed by atoms with Gasteiger partial charge in [-0.2, -0.15) is 9.61 Å². The Labute approximate surface area is 143 Å². The second-order valence-electron chi connectivity index (χ2n) is 5.32. The number of anilines is 1. The van der Waals surface area contributed by atoms with E-state index in [1.165, 1.54) is 6.08 Å². The number of imidazole rings is 1. The van der Waals surface area contributed by atoms with Crippen LogP contribution in [0.2, 0.25) is 0 Å². The summed E-state index contributed by atoms with van der Waals surface area (Å²) in [6.07, 6.45) is 11.9. The van der Waals surface area contributed by atoms with Crippen molar-refractivity contribution in [3.05, 3.63) is 79.2 Å². The number of amides is 1. The van der Waals surface area contributed by atoms with Crippen LogP contribution in [0.15, 0.2) is 73.6 Å². The van der Waals surface area contributed by atoms with Gasteiger partial charge in [0.05, 0.1) is 12.5 Å². The summed E-state index contributed by atoms with van der Waals surface area (Å²) in [5.41, 5.74) is 2.62. The van der Waals surface area contributed by atoms with E-state index in [9.17, 15) is 4.79 Å². The zero-order chi connectivity index (χ0) is 17.1. The highest BCUT2D eigenvalue weighted by atomic mass is 16.1. The van der Waals surface area contributed by atoms with Gasteiger partial charge >= 0.3 is 0 Å². The molecule has 0 aliphatic heterocycles. The first-order chi connectivity index (χ1) is 12.3. The van der Waals surface area contributed by atoms with Crippen molar-refractivity contribution in [2.24, 2.45) is 0 Å². The van der Waals surface area contributed by atoms with Crippen LogP contribution in [-0.2, 0) is 4.79 Å². The number of fused-ring (bicyclic) bond motifs is 1. The van der Waals surface area contributed by atoms with Crippen LogP contribution in [0, 0.1) is 0 Å². The van der Waals surface area contributed by atoms with Crippen molar-refractivity contribution in [2.75, 3.05) is 5.32 Å². The van der Waals surface area contributed by atoms with Crippen LogP contribution in [-0.4, -0.2) is 30.1 Å². The van der Waals surface area contributed by atoms with Crippen LogP contribution in [0.25, 0.3) is 17.4 Å². The molecule has 0 radical (unpaired) electrons. The number of hydrogen-bond acceptors (Lipinski definition) is 4. The third-order valence-electron chi connectivity index (χ3n) is 3.66. The van der Waals surface area contributed by atoms with Crippen molar-refractivity contribution >= 4 is 23.4 Å². The van der Waals surface area contributed by atoms with Gasteiger partial charge in [0, 0.05) is 36.4 Å². The number of aromatic nitrogens is 5. The molecule has 0 aliphatic carbocycles. The highest BCUT2D eigenvalue weighted by Gasteiger charge is 2.04. The maximum absolute atomic E-state index is 12.1. The maximum atomic E-state index is 12.1. The molecule has 0 bridgehead atoms. The molecule has 7 heteroatoms. The first-order valence-electron chi connectivity index (χ1n) is 7.66. The zero-order valence-electron chi connectivity index (χ0n) is 13.1. The Morgan fingerprint density at radius 2 is 1.92 bits per heavy atom. The van der Waals surface area contributed by atoms with Gasteiger partial charge < -0.3 is 9.88 Å². The second kappa shape index (κ2) is 6.40. The molecule has 1 N–H and O–H groups in total. The molecular formula is C18H14N6O. The van der Waals surface area contributed by atoms with Gasteiger partial charge in [-0.15, -0.1) is 0 Å². The lowest BCUT2D eigenvalue weighted by molar-refractivity contribution is -0.111. The molecule has 3 aromatic heterocycles. The van der Waals surface area contributed by atoms with E-state index in [1.54, 1.807) is 47.6 Å². The van der Waals surface area contributed by atoms with Crippen molar-refractivity contribution < 1.29 is 4.79 Å². The molecule has 4 aromatic rings. The van der Waals surface area contributed by atoms with Crippen molar-refractivity contribution in [2.45, 2.75) is 0 Å². The Bertz CT molecular complexity index is 1030. The van der Waals surface area contributed by atoms with Gasteiger partial charge in [-0.3, -0.25) is 4.79 Å². The molecule has 0 aliphatic rings. The Morgan fingerprint density at radius 3 is 2.72 bits per heavy atom. The highest BCUT2D eigenvalue weighted by Crippen LogP contribution is 2.11. The second-order valence-corrected chi connectivity index (χ2v) is 5.32. The molecule has 4 rings (SSSR count). The summed E-state index contributed by atoms with van der Waals surface area (Å²) in [6.45, 7) is 0. The standard InChI is InChI=1S/C18H14N6O/c25-18(22-17-7-9-20-16-8-10-21-24(16)17)6-3-14-1-4-15(5-2-14)23-12-11-19-13-23/h1-13H,(H,22,25). The van der Waals surface area contributed by atoms with E-state index < -0.39 is 0 Å². The average molecular weight is 330 g/mol. The molecular weight excluding hydrogens is 316 g/mol. The third-order valence-corrected chi connectivity index (χ3v) is 3.66. The van der Waals surface area contributed by atoms with Crippen molar-refractivity contribution in [3.8, 4) is 5.69 Å². The van der Waals surface area contributed by atoms with Crippen LogP contribution >= 0.6 is 0 Å². The SMILES string of the molecule is O=C(C=Cc1ccc(-n2ccnc2)cc1)Nc1ccnc2ccnn12. The molecule has 0 atom stereocenters. The van der Waals surface area contributed by atoms with Crippen LogP contribution in [0.5, 0.6) is 0 Å². The molecule has 122 valence electrons. The summed E-state index contributed by atoms with van der Waals surface area (Å²) in [5.74, 6) is 0.335. The summed E-state index contributed by atoms with van der Waals surface area (Å²) < 4.78 is 3.49. The maximum Gasteiger partial charge on any atom is 0.249 e. The van der Waals surface area contributed by atoms with Crippen LogP contribution in [0.1, 0.15) is 5.56 Å². The van der Waals surface area contributed by atoms with Crippen molar-refractivity contribution in [3.63, 3.8) is 0 Å². The normalized spacial score (nSPS) is 11.2. The fourth-order valence-corrected chi connectivity index (χ4v) is 2.44. The van der Waals surface area contributed by atoms with Gasteiger partial charge in [-0.05, 0) is 29.8 Å². The molecule has 0 saturated carbocycles. The van der Waals surface area contributed by atoms with Gasteiger partial charge in [0.1, 0.15) is 5.82 Å². The number of benzene rings is 1. The molecule has 7 nitrogen and oxygen atoms in total. The molecule has 1 aromatic carbocycles. The Morgan fingerprint density at radius 1 is 1.04 bits per heavy atom. The number of nitrogens with zero attached hydrogens (tertiary/aromatic N) is 5. The summed E-state index contributed by atoms with van der Waals surface area (Å²) in [7, 11) is 0. The van der Waals surface area contributed by atoms with Crippen LogP contribution in [0.4, 0.5) is 5.82 Å². The highest BCUT2D eigenvalue weighted by molar-refractivity contribution is 6.01. The predicted octanol–water partition coefficient (Wildman–Crippen LogP) is 2.57. The molecule has 25 heavy (non-hydrogen) atoms. The summed E-state index contributed by atoms with van der Waals surface area (Å²) in [6, 6.07) is 11.3. The minimum atomic E-state index is -0.235. The Kier molecular flexibility index (Phi) is 3.80. The lowest BCUT2D eigenvalue weighted by atomic mass is 10.2. The molecule has 1 amide bonds. The number of nitrogens with one attached hydrogen (secondary N) is 1. The number of rotatable bonds is 4. The molecule has 0 saturated heterocycles. The fraction of sp³-hybridized carbons (Fsp3) is 0. The minimum Gasteiger partial charge on any atom is -0.307 e. The Hall–Kier alpha value is -3.74. The average Bonchev–Trinajstić information content (AvgIpc) is 3.32. The van der Waals surface area contributed by atoms with E-state index in [0.29, 0.717) is 11.5 Å².